The van der Waals surface area contributed by atoms with Crippen molar-refractivity contribution in [3.05, 3.63) is 66.9 Å². The zero-order valence-electron chi connectivity index (χ0n) is 15.8. The van der Waals surface area contributed by atoms with Gasteiger partial charge in [0, 0.05) is 36.0 Å². The molecule has 0 atom stereocenters. The van der Waals surface area contributed by atoms with Crippen LogP contribution >= 0.6 is 0 Å². The number of ether oxygens (including phenoxy) is 1. The van der Waals surface area contributed by atoms with Gasteiger partial charge in [-0.3, -0.25) is 15.0 Å². The molecule has 0 saturated heterocycles. The molecule has 0 bridgehead atoms. The first-order chi connectivity index (χ1) is 13.8. The summed E-state index contributed by atoms with van der Waals surface area (Å²) < 4.78 is 5.62. The minimum atomic E-state index is -0.317. The molecule has 0 saturated carbocycles. The smallest absolute Gasteiger partial charge is 0.319 e. The average molecular weight is 377 g/mol. The molecule has 3 rings (SSSR count). The highest BCUT2D eigenvalue weighted by Gasteiger charge is 2.09. The number of hydrogen-bond donors (Lipinski definition) is 2. The number of unbranched alkanes of at least 4 members (excludes halogenated alkanes) is 1. The normalized spacial score (nSPS) is 10.3. The molecule has 1 aromatic carbocycles. The minimum absolute atomic E-state index is 0.252. The molecule has 0 radical (unpaired) electrons. The monoisotopic (exact) mass is 377 g/mol. The van der Waals surface area contributed by atoms with Gasteiger partial charge in [0.05, 0.1) is 24.5 Å². The Labute approximate surface area is 164 Å². The van der Waals surface area contributed by atoms with Gasteiger partial charge in [0.2, 0.25) is 0 Å². The number of amides is 2. The lowest BCUT2D eigenvalue weighted by molar-refractivity contribution is 0.251. The molecule has 0 fully saturated rings. The highest BCUT2D eigenvalue weighted by Crippen LogP contribution is 2.18. The second-order valence-corrected chi connectivity index (χ2v) is 6.13. The number of carbonyl (C=O) groups is 1. The van der Waals surface area contributed by atoms with Crippen LogP contribution in [0.15, 0.2) is 61.2 Å². The number of hydrogen-bond acceptors (Lipinski definition) is 5. The van der Waals surface area contributed by atoms with E-state index in [1.807, 2.05) is 36.4 Å². The van der Waals surface area contributed by atoms with Gasteiger partial charge in [0.1, 0.15) is 5.75 Å². The standard InChI is InChI=1S/C21H23N5O2/c1-2-3-13-28-18-8-6-17(7-9-18)26-21(27)25-15-19-20(24-12-11-23-19)16-5-4-10-22-14-16/h4-12,14H,2-3,13,15H2,1H3,(H2,25,26,27). The number of nitrogens with zero attached hydrogens (tertiary/aromatic N) is 3. The van der Waals surface area contributed by atoms with Crippen molar-refractivity contribution in [3.63, 3.8) is 0 Å². The van der Waals surface area contributed by atoms with Crippen molar-refractivity contribution < 1.29 is 9.53 Å². The molecule has 0 aliphatic rings. The van der Waals surface area contributed by atoms with Crippen LogP contribution < -0.4 is 15.4 Å². The van der Waals surface area contributed by atoms with Crippen LogP contribution in [0.25, 0.3) is 11.3 Å². The van der Waals surface area contributed by atoms with Crippen molar-refractivity contribution in [3.8, 4) is 17.0 Å². The molecule has 7 heteroatoms. The molecule has 2 aromatic heterocycles. The number of rotatable bonds is 8. The second kappa shape index (κ2) is 10.0. The third kappa shape index (κ3) is 5.51. The van der Waals surface area contributed by atoms with Gasteiger partial charge in [-0.05, 0) is 42.8 Å². The molecule has 0 aliphatic heterocycles. The highest BCUT2D eigenvalue weighted by molar-refractivity contribution is 5.89. The zero-order chi connectivity index (χ0) is 19.6. The fourth-order valence-electron chi connectivity index (χ4n) is 2.55. The topological polar surface area (TPSA) is 89.0 Å². The van der Waals surface area contributed by atoms with Gasteiger partial charge in [-0.25, -0.2) is 4.79 Å². The van der Waals surface area contributed by atoms with Crippen LogP contribution in [-0.4, -0.2) is 27.6 Å². The minimum Gasteiger partial charge on any atom is -0.494 e. The Morgan fingerprint density at radius 3 is 2.64 bits per heavy atom. The lowest BCUT2D eigenvalue weighted by Gasteiger charge is -2.10. The Morgan fingerprint density at radius 2 is 1.89 bits per heavy atom. The first-order valence-electron chi connectivity index (χ1n) is 9.24. The van der Waals surface area contributed by atoms with Crippen LogP contribution in [-0.2, 0) is 6.54 Å². The van der Waals surface area contributed by atoms with Crippen LogP contribution in [0.1, 0.15) is 25.5 Å². The number of carbonyl (C=O) groups excluding carboxylic acids is 1. The summed E-state index contributed by atoms with van der Waals surface area (Å²) in [6, 6.07) is 10.7. The van der Waals surface area contributed by atoms with E-state index in [1.54, 1.807) is 24.8 Å². The van der Waals surface area contributed by atoms with Crippen LogP contribution in [0.3, 0.4) is 0 Å². The van der Waals surface area contributed by atoms with E-state index in [0.717, 1.165) is 24.2 Å². The second-order valence-electron chi connectivity index (χ2n) is 6.13. The predicted octanol–water partition coefficient (Wildman–Crippen LogP) is 4.04. The van der Waals surface area contributed by atoms with Crippen molar-refractivity contribution in [1.82, 2.24) is 20.3 Å². The Bertz CT molecular complexity index is 885. The Morgan fingerprint density at radius 1 is 1.07 bits per heavy atom. The van der Waals surface area contributed by atoms with Crippen molar-refractivity contribution in [2.75, 3.05) is 11.9 Å². The molecule has 3 aromatic rings. The number of benzene rings is 1. The van der Waals surface area contributed by atoms with Gasteiger partial charge in [-0.1, -0.05) is 13.3 Å². The maximum atomic E-state index is 12.2. The van der Waals surface area contributed by atoms with E-state index in [9.17, 15) is 4.79 Å². The van der Waals surface area contributed by atoms with E-state index in [2.05, 4.69) is 32.5 Å². The van der Waals surface area contributed by atoms with Gasteiger partial charge in [-0.15, -0.1) is 0 Å². The summed E-state index contributed by atoms with van der Waals surface area (Å²) in [5, 5.41) is 5.61. The molecule has 7 nitrogen and oxygen atoms in total. The van der Waals surface area contributed by atoms with Crippen molar-refractivity contribution in [1.29, 1.82) is 0 Å². The van der Waals surface area contributed by atoms with Crippen LogP contribution in [0.4, 0.5) is 10.5 Å². The lowest BCUT2D eigenvalue weighted by Crippen LogP contribution is -2.28. The van der Waals surface area contributed by atoms with Crippen molar-refractivity contribution in [2.24, 2.45) is 0 Å². The number of nitrogens with one attached hydrogen (secondary N) is 2. The molecule has 28 heavy (non-hydrogen) atoms. The summed E-state index contributed by atoms with van der Waals surface area (Å²) in [5.41, 5.74) is 2.91. The Balaban J connectivity index is 1.55. The Kier molecular flexibility index (Phi) is 6.89. The highest BCUT2D eigenvalue weighted by atomic mass is 16.5. The maximum Gasteiger partial charge on any atom is 0.319 e. The summed E-state index contributed by atoms with van der Waals surface area (Å²) in [6.45, 7) is 3.07. The molecule has 2 N–H and O–H groups in total. The SMILES string of the molecule is CCCCOc1ccc(NC(=O)NCc2nccnc2-c2cccnc2)cc1. The predicted molar refractivity (Wildman–Crippen MR) is 108 cm³/mol. The first kappa shape index (κ1) is 19.3. The van der Waals surface area contributed by atoms with E-state index in [0.29, 0.717) is 23.7 Å². The van der Waals surface area contributed by atoms with Gasteiger partial charge in [0.25, 0.3) is 0 Å². The summed E-state index contributed by atoms with van der Waals surface area (Å²) in [7, 11) is 0. The summed E-state index contributed by atoms with van der Waals surface area (Å²) in [6.07, 6.45) is 8.76. The summed E-state index contributed by atoms with van der Waals surface area (Å²) in [4.78, 5) is 25.0. The largest absolute Gasteiger partial charge is 0.494 e. The first-order valence-corrected chi connectivity index (χ1v) is 9.24. The molecule has 144 valence electrons. The molecule has 2 heterocycles. The van der Waals surface area contributed by atoms with Crippen LogP contribution in [0.2, 0.25) is 0 Å². The molecule has 2 amide bonds. The number of pyridine rings is 1. The quantitative estimate of drug-likeness (QED) is 0.578. The van der Waals surface area contributed by atoms with E-state index in [1.165, 1.54) is 0 Å². The number of aromatic nitrogens is 3. The average Bonchev–Trinajstić information content (AvgIpc) is 2.74. The van der Waals surface area contributed by atoms with E-state index in [-0.39, 0.29) is 12.6 Å². The fraction of sp³-hybridized carbons (Fsp3) is 0.238. The van der Waals surface area contributed by atoms with E-state index < -0.39 is 0 Å². The third-order valence-electron chi connectivity index (χ3n) is 4.00. The summed E-state index contributed by atoms with van der Waals surface area (Å²) in [5.74, 6) is 0.792. The summed E-state index contributed by atoms with van der Waals surface area (Å²) >= 11 is 0. The van der Waals surface area contributed by atoms with Gasteiger partial charge in [-0.2, -0.15) is 0 Å². The molecule has 0 aliphatic carbocycles. The molecular weight excluding hydrogens is 354 g/mol. The van der Waals surface area contributed by atoms with Gasteiger partial charge >= 0.3 is 6.03 Å². The van der Waals surface area contributed by atoms with Crippen LogP contribution in [0, 0.1) is 0 Å². The molecule has 0 unspecified atom stereocenters. The van der Waals surface area contributed by atoms with Crippen LogP contribution in [0.5, 0.6) is 5.75 Å². The Hall–Kier alpha value is -3.48. The molecular formula is C21H23N5O2. The van der Waals surface area contributed by atoms with Crippen molar-refractivity contribution in [2.45, 2.75) is 26.3 Å². The van der Waals surface area contributed by atoms with E-state index in [4.69, 9.17) is 4.74 Å². The fourth-order valence-corrected chi connectivity index (χ4v) is 2.55. The van der Waals surface area contributed by atoms with E-state index >= 15 is 0 Å². The molecule has 0 spiro atoms. The zero-order valence-corrected chi connectivity index (χ0v) is 15.8. The third-order valence-corrected chi connectivity index (χ3v) is 4.00. The van der Waals surface area contributed by atoms with Crippen molar-refractivity contribution >= 4 is 11.7 Å². The van der Waals surface area contributed by atoms with Gasteiger partial charge in [0.15, 0.2) is 0 Å². The number of urea groups is 1. The van der Waals surface area contributed by atoms with Gasteiger partial charge < -0.3 is 15.4 Å². The lowest BCUT2D eigenvalue weighted by atomic mass is 10.1. The maximum absolute atomic E-state index is 12.2. The number of anilines is 1.